The van der Waals surface area contributed by atoms with Crippen LogP contribution in [0, 0.1) is 0 Å². The zero-order valence-electron chi connectivity index (χ0n) is 8.42. The zero-order valence-corrected chi connectivity index (χ0v) is 8.42. The SMILES string of the molecule is B[C@H]1CC(OC)[C@@H](COCN=[N+]=[N-])O1. The van der Waals surface area contributed by atoms with E-state index >= 15 is 0 Å². The van der Waals surface area contributed by atoms with Gasteiger partial charge in [-0.25, -0.2) is 0 Å². The molecule has 1 rings (SSSR count). The first-order valence-corrected chi connectivity index (χ1v) is 4.54. The molecule has 0 aromatic rings. The van der Waals surface area contributed by atoms with Gasteiger partial charge in [-0.1, -0.05) is 5.11 Å². The van der Waals surface area contributed by atoms with Gasteiger partial charge in [0.15, 0.2) is 0 Å². The second-order valence-corrected chi connectivity index (χ2v) is 3.23. The van der Waals surface area contributed by atoms with Gasteiger partial charge < -0.3 is 14.2 Å². The zero-order chi connectivity index (χ0) is 10.4. The summed E-state index contributed by atoms with van der Waals surface area (Å²) >= 11 is 0. The van der Waals surface area contributed by atoms with Gasteiger partial charge >= 0.3 is 0 Å². The van der Waals surface area contributed by atoms with Crippen LogP contribution in [0.15, 0.2) is 5.11 Å². The molecule has 0 aliphatic carbocycles. The van der Waals surface area contributed by atoms with Crippen LogP contribution in [0.25, 0.3) is 10.4 Å². The van der Waals surface area contributed by atoms with Crippen LogP contribution < -0.4 is 0 Å². The third-order valence-corrected chi connectivity index (χ3v) is 2.18. The lowest BCUT2D eigenvalue weighted by Crippen LogP contribution is -2.28. The molecule has 1 aliphatic rings. The minimum absolute atomic E-state index is 0.0428. The molecule has 1 fully saturated rings. The Hall–Kier alpha value is -0.745. The summed E-state index contributed by atoms with van der Waals surface area (Å²) in [6.45, 7) is 0.447. The highest BCUT2D eigenvalue weighted by atomic mass is 16.6. The summed E-state index contributed by atoms with van der Waals surface area (Å²) in [5, 5.41) is 3.26. The lowest BCUT2D eigenvalue weighted by atomic mass is 9.96. The molecule has 14 heavy (non-hydrogen) atoms. The van der Waals surface area contributed by atoms with Crippen molar-refractivity contribution in [3.63, 3.8) is 0 Å². The molecule has 0 amide bonds. The van der Waals surface area contributed by atoms with Crippen LogP contribution in [0.3, 0.4) is 0 Å². The maximum Gasteiger partial charge on any atom is 0.139 e. The summed E-state index contributed by atoms with van der Waals surface area (Å²) in [7, 11) is 3.66. The van der Waals surface area contributed by atoms with Crippen LogP contribution in [-0.4, -0.2) is 46.5 Å². The molecule has 1 heterocycles. The fourth-order valence-electron chi connectivity index (χ4n) is 1.55. The predicted molar refractivity (Wildman–Crippen MR) is 52.6 cm³/mol. The summed E-state index contributed by atoms with van der Waals surface area (Å²) in [5.41, 5.74) is 8.02. The quantitative estimate of drug-likeness (QED) is 0.206. The maximum absolute atomic E-state index is 8.02. The van der Waals surface area contributed by atoms with E-state index in [1.807, 2.05) is 7.85 Å². The van der Waals surface area contributed by atoms with Gasteiger partial charge in [0.25, 0.3) is 0 Å². The van der Waals surface area contributed by atoms with Gasteiger partial charge in [-0.2, -0.15) is 0 Å². The van der Waals surface area contributed by atoms with Gasteiger partial charge in [0, 0.05) is 18.0 Å². The minimum atomic E-state index is -0.0520. The first-order valence-electron chi connectivity index (χ1n) is 4.54. The molecule has 0 aromatic carbocycles. The van der Waals surface area contributed by atoms with Crippen LogP contribution in [0.4, 0.5) is 0 Å². The molecule has 0 spiro atoms. The summed E-state index contributed by atoms with van der Waals surface area (Å²) in [6, 6.07) is 0.202. The monoisotopic (exact) mass is 199 g/mol. The van der Waals surface area contributed by atoms with Gasteiger partial charge in [-0.15, -0.1) is 0 Å². The van der Waals surface area contributed by atoms with Crippen LogP contribution >= 0.6 is 0 Å². The highest BCUT2D eigenvalue weighted by Crippen LogP contribution is 2.21. The molecule has 78 valence electrons. The molecule has 0 saturated carbocycles. The summed E-state index contributed by atoms with van der Waals surface area (Å²) in [4.78, 5) is 2.58. The normalized spacial score (nSPS) is 31.4. The summed E-state index contributed by atoms with van der Waals surface area (Å²) in [6.07, 6.45) is 0.909. The average molecular weight is 199 g/mol. The van der Waals surface area contributed by atoms with Gasteiger partial charge in [-0.05, 0) is 12.0 Å². The lowest BCUT2D eigenvalue weighted by Gasteiger charge is -2.16. The van der Waals surface area contributed by atoms with Crippen molar-refractivity contribution in [1.82, 2.24) is 0 Å². The molecule has 6 nitrogen and oxygen atoms in total. The first kappa shape index (κ1) is 11.3. The number of hydrogen-bond donors (Lipinski definition) is 0. The van der Waals surface area contributed by atoms with E-state index in [0.29, 0.717) is 6.61 Å². The van der Waals surface area contributed by atoms with Crippen LogP contribution in [0.5, 0.6) is 0 Å². The molecule has 0 radical (unpaired) electrons. The van der Waals surface area contributed by atoms with E-state index in [9.17, 15) is 0 Å². The molecule has 0 bridgehead atoms. The third-order valence-electron chi connectivity index (χ3n) is 2.18. The van der Waals surface area contributed by atoms with E-state index in [1.54, 1.807) is 7.11 Å². The van der Waals surface area contributed by atoms with Crippen LogP contribution in [0.2, 0.25) is 0 Å². The number of methoxy groups -OCH3 is 1. The number of ether oxygens (including phenoxy) is 3. The third kappa shape index (κ3) is 3.19. The Kier molecular flexibility index (Phi) is 4.75. The second-order valence-electron chi connectivity index (χ2n) is 3.23. The first-order chi connectivity index (χ1) is 6.77. The second kappa shape index (κ2) is 5.88. The standard InChI is InChI=1S/C7H14BN3O3/c1-12-5-2-7(8)14-6(5)3-13-4-10-11-9/h5-7H,2-4,8H2,1H3/t5?,6-,7-/m1/s1. The highest BCUT2D eigenvalue weighted by Gasteiger charge is 2.32. The largest absolute Gasteiger partial charge is 0.379 e. The molecule has 1 unspecified atom stereocenters. The minimum Gasteiger partial charge on any atom is -0.379 e. The average Bonchev–Trinajstić information content (AvgIpc) is 2.54. The Labute approximate surface area is 83.5 Å². The number of hydrogen-bond acceptors (Lipinski definition) is 4. The van der Waals surface area contributed by atoms with Crippen molar-refractivity contribution in [3.05, 3.63) is 10.4 Å². The number of azide groups is 1. The van der Waals surface area contributed by atoms with Crippen LogP contribution in [-0.2, 0) is 14.2 Å². The van der Waals surface area contributed by atoms with Crippen molar-refractivity contribution < 1.29 is 14.2 Å². The molecular weight excluding hydrogens is 185 g/mol. The van der Waals surface area contributed by atoms with Gasteiger partial charge in [0.1, 0.15) is 20.7 Å². The summed E-state index contributed by atoms with van der Waals surface area (Å²) < 4.78 is 15.9. The fourth-order valence-corrected chi connectivity index (χ4v) is 1.55. The Balaban J connectivity index is 2.25. The molecule has 1 aliphatic heterocycles. The van der Waals surface area contributed by atoms with Crippen molar-refractivity contribution in [1.29, 1.82) is 0 Å². The van der Waals surface area contributed by atoms with Gasteiger partial charge in [0.2, 0.25) is 0 Å². The van der Waals surface area contributed by atoms with E-state index in [-0.39, 0.29) is 24.9 Å². The predicted octanol–water partition coefficient (Wildman–Crippen LogP) is 0.0339. The van der Waals surface area contributed by atoms with Crippen molar-refractivity contribution >= 4 is 7.85 Å². The van der Waals surface area contributed by atoms with Crippen molar-refractivity contribution in [2.24, 2.45) is 5.11 Å². The van der Waals surface area contributed by atoms with Crippen molar-refractivity contribution in [2.75, 3.05) is 20.4 Å². The van der Waals surface area contributed by atoms with Gasteiger partial charge in [-0.3, -0.25) is 0 Å². The molecular formula is C7H14BN3O3. The van der Waals surface area contributed by atoms with E-state index in [2.05, 4.69) is 10.0 Å². The molecule has 0 N–H and O–H groups in total. The fraction of sp³-hybridized carbons (Fsp3) is 1.00. The molecule has 3 atom stereocenters. The molecule has 1 saturated heterocycles. The van der Waals surface area contributed by atoms with E-state index < -0.39 is 0 Å². The topological polar surface area (TPSA) is 76.5 Å². The Morgan fingerprint density at radius 2 is 2.50 bits per heavy atom. The Morgan fingerprint density at radius 1 is 1.71 bits per heavy atom. The van der Waals surface area contributed by atoms with Gasteiger partial charge in [0.05, 0.1) is 12.7 Å². The van der Waals surface area contributed by atoms with E-state index in [4.69, 9.17) is 19.7 Å². The number of rotatable bonds is 5. The molecule has 0 aromatic heterocycles. The van der Waals surface area contributed by atoms with Crippen molar-refractivity contribution in [2.45, 2.75) is 24.6 Å². The van der Waals surface area contributed by atoms with Crippen molar-refractivity contribution in [3.8, 4) is 0 Å². The molecule has 7 heteroatoms. The number of nitrogens with zero attached hydrogens (tertiary/aromatic N) is 3. The smallest absolute Gasteiger partial charge is 0.139 e. The Morgan fingerprint density at radius 3 is 3.14 bits per heavy atom. The van der Waals surface area contributed by atoms with Crippen LogP contribution in [0.1, 0.15) is 6.42 Å². The highest BCUT2D eigenvalue weighted by molar-refractivity contribution is 6.11. The van der Waals surface area contributed by atoms with E-state index in [1.165, 1.54) is 0 Å². The maximum atomic E-state index is 8.02. The summed E-state index contributed by atoms with van der Waals surface area (Å²) in [5.74, 6) is 0. The van der Waals surface area contributed by atoms with E-state index in [0.717, 1.165) is 6.42 Å². The Bertz CT molecular complexity index is 222. The lowest BCUT2D eigenvalue weighted by molar-refractivity contribution is -0.0413.